The fourth-order valence-corrected chi connectivity index (χ4v) is 5.24. The normalized spacial score (nSPS) is 18.2. The van der Waals surface area contributed by atoms with Gasteiger partial charge < -0.3 is 14.4 Å². The predicted molar refractivity (Wildman–Crippen MR) is 146 cm³/mol. The molecule has 37 heavy (non-hydrogen) atoms. The molecule has 0 unspecified atom stereocenters. The van der Waals surface area contributed by atoms with Crippen molar-refractivity contribution < 1.29 is 9.47 Å². The van der Waals surface area contributed by atoms with E-state index in [2.05, 4.69) is 59.1 Å². The van der Waals surface area contributed by atoms with E-state index in [0.717, 1.165) is 54.2 Å². The van der Waals surface area contributed by atoms with Crippen LogP contribution in [0.3, 0.4) is 0 Å². The van der Waals surface area contributed by atoms with Crippen molar-refractivity contribution in [3.63, 3.8) is 0 Å². The minimum Gasteiger partial charge on any atom is -0.497 e. The van der Waals surface area contributed by atoms with E-state index in [9.17, 15) is 0 Å². The molecule has 0 amide bonds. The standard InChI is InChI=1S/C29H36N6O2/c1-5-37-29-26-27(30-20-31-28(26)35(32-29)18-23-11-13-24(36-4)14-12-23)33(3)25-19-34(16-15-21(25)2)17-22-9-7-6-8-10-22/h6-14,20-21,25H,5,15-19H2,1-4H3/t21-,25+/m1/s1. The van der Waals surface area contributed by atoms with Gasteiger partial charge in [-0.2, -0.15) is 0 Å². The van der Waals surface area contributed by atoms with Crippen molar-refractivity contribution in [1.82, 2.24) is 24.6 Å². The van der Waals surface area contributed by atoms with Gasteiger partial charge >= 0.3 is 0 Å². The summed E-state index contributed by atoms with van der Waals surface area (Å²) >= 11 is 0. The summed E-state index contributed by atoms with van der Waals surface area (Å²) in [6, 6.07) is 19.0. The molecule has 1 aliphatic rings. The first-order chi connectivity index (χ1) is 18.1. The maximum absolute atomic E-state index is 6.01. The van der Waals surface area contributed by atoms with Crippen LogP contribution in [0, 0.1) is 5.92 Å². The average molecular weight is 501 g/mol. The number of likely N-dealkylation sites (tertiary alicyclic amines) is 1. The van der Waals surface area contributed by atoms with Crippen LogP contribution in [0.4, 0.5) is 5.82 Å². The molecule has 194 valence electrons. The molecule has 8 nitrogen and oxygen atoms in total. The first-order valence-corrected chi connectivity index (χ1v) is 13.0. The fraction of sp³-hybridized carbons (Fsp3) is 0.414. The first-order valence-electron chi connectivity index (χ1n) is 13.0. The number of aromatic nitrogens is 4. The molecule has 1 saturated heterocycles. The molecule has 0 N–H and O–H groups in total. The number of hydrogen-bond donors (Lipinski definition) is 0. The highest BCUT2D eigenvalue weighted by Crippen LogP contribution is 2.34. The molecule has 8 heteroatoms. The zero-order chi connectivity index (χ0) is 25.8. The molecule has 1 aliphatic heterocycles. The van der Waals surface area contributed by atoms with Gasteiger partial charge in [-0.1, -0.05) is 49.4 Å². The summed E-state index contributed by atoms with van der Waals surface area (Å²) in [5.74, 6) is 2.82. The molecule has 4 aromatic rings. The molecule has 2 aromatic carbocycles. The second-order valence-electron chi connectivity index (χ2n) is 9.80. The topological polar surface area (TPSA) is 68.5 Å². The van der Waals surface area contributed by atoms with Crippen LogP contribution >= 0.6 is 0 Å². The highest BCUT2D eigenvalue weighted by molar-refractivity contribution is 5.92. The zero-order valence-electron chi connectivity index (χ0n) is 22.2. The molecular weight excluding hydrogens is 464 g/mol. The number of piperidine rings is 1. The SMILES string of the molecule is CCOc1nn(Cc2ccc(OC)cc2)c2ncnc(N(C)[C@H]3CN(Cc4ccccc4)CC[C@H]3C)c12. The monoisotopic (exact) mass is 500 g/mol. The molecule has 0 aliphatic carbocycles. The van der Waals surface area contributed by atoms with Crippen molar-refractivity contribution in [3.05, 3.63) is 72.1 Å². The predicted octanol–water partition coefficient (Wildman–Crippen LogP) is 4.63. The Morgan fingerprint density at radius 2 is 1.76 bits per heavy atom. The van der Waals surface area contributed by atoms with E-state index in [1.54, 1.807) is 13.4 Å². The van der Waals surface area contributed by atoms with Gasteiger partial charge in [0.15, 0.2) is 5.65 Å². The van der Waals surface area contributed by atoms with Gasteiger partial charge in [0, 0.05) is 26.2 Å². The lowest BCUT2D eigenvalue weighted by molar-refractivity contribution is 0.159. The van der Waals surface area contributed by atoms with Crippen molar-refractivity contribution in [2.45, 2.75) is 39.4 Å². The lowest BCUT2D eigenvalue weighted by atomic mass is 9.92. The maximum atomic E-state index is 6.01. The molecule has 2 aromatic heterocycles. The van der Waals surface area contributed by atoms with Gasteiger partial charge in [-0.05, 0) is 49.1 Å². The largest absolute Gasteiger partial charge is 0.497 e. The molecule has 5 rings (SSSR count). The van der Waals surface area contributed by atoms with Crippen molar-refractivity contribution in [3.8, 4) is 11.6 Å². The molecule has 0 spiro atoms. The van der Waals surface area contributed by atoms with Gasteiger partial charge in [0.1, 0.15) is 23.3 Å². The van der Waals surface area contributed by atoms with Crippen LogP contribution in [0.15, 0.2) is 60.9 Å². The van der Waals surface area contributed by atoms with Gasteiger partial charge in [-0.15, -0.1) is 5.10 Å². The summed E-state index contributed by atoms with van der Waals surface area (Å²) in [6.45, 7) is 8.46. The second kappa shape index (κ2) is 11.2. The molecule has 3 heterocycles. The average Bonchev–Trinajstić information content (AvgIpc) is 3.27. The number of anilines is 1. The minimum atomic E-state index is 0.315. The van der Waals surface area contributed by atoms with E-state index in [1.807, 2.05) is 35.9 Å². The summed E-state index contributed by atoms with van der Waals surface area (Å²) < 4.78 is 13.2. The number of likely N-dealkylation sites (N-methyl/N-ethyl adjacent to an activating group) is 1. The number of fused-ring (bicyclic) bond motifs is 1. The Morgan fingerprint density at radius 1 is 1.00 bits per heavy atom. The van der Waals surface area contributed by atoms with Crippen LogP contribution in [0.25, 0.3) is 11.0 Å². The highest BCUT2D eigenvalue weighted by atomic mass is 16.5. The van der Waals surface area contributed by atoms with Crippen LogP contribution in [-0.2, 0) is 13.1 Å². The van der Waals surface area contributed by atoms with Crippen LogP contribution < -0.4 is 14.4 Å². The molecule has 0 saturated carbocycles. The highest BCUT2D eigenvalue weighted by Gasteiger charge is 2.32. The third-order valence-electron chi connectivity index (χ3n) is 7.33. The number of hydrogen-bond acceptors (Lipinski definition) is 7. The van der Waals surface area contributed by atoms with Gasteiger partial charge in [-0.3, -0.25) is 4.90 Å². The van der Waals surface area contributed by atoms with Crippen LogP contribution in [0.5, 0.6) is 11.6 Å². The van der Waals surface area contributed by atoms with E-state index in [4.69, 9.17) is 19.6 Å². The third-order valence-corrected chi connectivity index (χ3v) is 7.33. The van der Waals surface area contributed by atoms with Crippen LogP contribution in [-0.4, -0.2) is 64.5 Å². The Hall–Kier alpha value is -3.65. The van der Waals surface area contributed by atoms with Gasteiger partial charge in [0.25, 0.3) is 0 Å². The second-order valence-corrected chi connectivity index (χ2v) is 9.80. The van der Waals surface area contributed by atoms with Crippen molar-refractivity contribution >= 4 is 16.9 Å². The van der Waals surface area contributed by atoms with Crippen LogP contribution in [0.1, 0.15) is 31.4 Å². The summed E-state index contributed by atoms with van der Waals surface area (Å²) in [5, 5.41) is 5.69. The van der Waals surface area contributed by atoms with E-state index >= 15 is 0 Å². The summed E-state index contributed by atoms with van der Waals surface area (Å²) in [5.41, 5.74) is 3.24. The zero-order valence-corrected chi connectivity index (χ0v) is 22.2. The van der Waals surface area contributed by atoms with E-state index < -0.39 is 0 Å². The van der Waals surface area contributed by atoms with Crippen LogP contribution in [0.2, 0.25) is 0 Å². The molecule has 0 bridgehead atoms. The Morgan fingerprint density at radius 3 is 2.49 bits per heavy atom. The lowest BCUT2D eigenvalue weighted by Gasteiger charge is -2.42. The molecule has 1 fully saturated rings. The molecule has 0 radical (unpaired) electrons. The number of rotatable bonds is 9. The molecule has 2 atom stereocenters. The van der Waals surface area contributed by atoms with Crippen molar-refractivity contribution in [2.24, 2.45) is 5.92 Å². The third kappa shape index (κ3) is 5.39. The quantitative estimate of drug-likeness (QED) is 0.332. The number of benzene rings is 2. The van der Waals surface area contributed by atoms with E-state index in [0.29, 0.717) is 31.0 Å². The Bertz CT molecular complexity index is 1310. The fourth-order valence-electron chi connectivity index (χ4n) is 5.24. The van der Waals surface area contributed by atoms with Crippen molar-refractivity contribution in [1.29, 1.82) is 0 Å². The van der Waals surface area contributed by atoms with E-state index in [-0.39, 0.29) is 0 Å². The summed E-state index contributed by atoms with van der Waals surface area (Å²) in [7, 11) is 3.82. The first kappa shape index (κ1) is 25.0. The summed E-state index contributed by atoms with van der Waals surface area (Å²) in [6.07, 6.45) is 2.79. The van der Waals surface area contributed by atoms with E-state index in [1.165, 1.54) is 5.56 Å². The smallest absolute Gasteiger partial charge is 0.246 e. The Balaban J connectivity index is 1.44. The Kier molecular flexibility index (Phi) is 7.55. The van der Waals surface area contributed by atoms with Gasteiger partial charge in [0.2, 0.25) is 5.88 Å². The summed E-state index contributed by atoms with van der Waals surface area (Å²) in [4.78, 5) is 14.3. The lowest BCUT2D eigenvalue weighted by Crippen LogP contribution is -2.50. The maximum Gasteiger partial charge on any atom is 0.246 e. The number of ether oxygens (including phenoxy) is 2. The Labute approximate surface area is 218 Å². The molecular formula is C29H36N6O2. The number of methoxy groups -OCH3 is 1. The minimum absolute atomic E-state index is 0.315. The van der Waals surface area contributed by atoms with Gasteiger partial charge in [-0.25, -0.2) is 14.6 Å². The van der Waals surface area contributed by atoms with Crippen molar-refractivity contribution in [2.75, 3.05) is 38.8 Å². The number of nitrogens with zero attached hydrogens (tertiary/aromatic N) is 6. The van der Waals surface area contributed by atoms with Gasteiger partial charge in [0.05, 0.1) is 20.3 Å².